The second kappa shape index (κ2) is 5.81. The fourth-order valence-electron chi connectivity index (χ4n) is 2.63. The van der Waals surface area contributed by atoms with E-state index in [0.29, 0.717) is 18.1 Å². The van der Waals surface area contributed by atoms with Gasteiger partial charge in [-0.25, -0.2) is 14.6 Å². The molecule has 3 heterocycles. The summed E-state index contributed by atoms with van der Waals surface area (Å²) in [7, 11) is 1.64. The highest BCUT2D eigenvalue weighted by atomic mass is 32.1. The van der Waals surface area contributed by atoms with Gasteiger partial charge in [0.25, 0.3) is 0 Å². The van der Waals surface area contributed by atoms with Crippen molar-refractivity contribution in [3.05, 3.63) is 40.9 Å². The van der Waals surface area contributed by atoms with E-state index in [0.717, 1.165) is 32.2 Å². The van der Waals surface area contributed by atoms with E-state index in [1.165, 1.54) is 6.33 Å². The molecular weight excluding hydrogens is 326 g/mol. The first-order valence-electron chi connectivity index (χ1n) is 7.39. The van der Waals surface area contributed by atoms with Crippen LogP contribution in [0.25, 0.3) is 27.4 Å². The van der Waals surface area contributed by atoms with Crippen LogP contribution in [0.3, 0.4) is 0 Å². The first-order valence-corrected chi connectivity index (χ1v) is 8.21. The van der Waals surface area contributed by atoms with E-state index < -0.39 is 0 Å². The number of hydrogen-bond acceptors (Lipinski definition) is 7. The van der Waals surface area contributed by atoms with Gasteiger partial charge in [0.2, 0.25) is 0 Å². The van der Waals surface area contributed by atoms with Gasteiger partial charge in [0.15, 0.2) is 11.5 Å². The van der Waals surface area contributed by atoms with E-state index in [-0.39, 0.29) is 0 Å². The zero-order valence-corrected chi connectivity index (χ0v) is 14.3. The van der Waals surface area contributed by atoms with Crippen molar-refractivity contribution in [2.24, 2.45) is 0 Å². The Morgan fingerprint density at radius 2 is 2.17 bits per heavy atom. The molecule has 0 saturated carbocycles. The lowest BCUT2D eigenvalue weighted by Gasteiger charge is -2.05. The van der Waals surface area contributed by atoms with Crippen LogP contribution < -0.4 is 0 Å². The van der Waals surface area contributed by atoms with Crippen molar-refractivity contribution in [3.63, 3.8) is 0 Å². The molecule has 7 nitrogen and oxygen atoms in total. The SMILES string of the molecule is COCc1c(-c2ncnn2-c2ccc3nc(C)sc3c2)noc1C. The summed E-state index contributed by atoms with van der Waals surface area (Å²) in [5.41, 5.74) is 3.41. The molecule has 24 heavy (non-hydrogen) atoms. The molecule has 0 spiro atoms. The zero-order chi connectivity index (χ0) is 16.7. The monoisotopic (exact) mass is 341 g/mol. The molecule has 0 bridgehead atoms. The number of thiazole rings is 1. The highest BCUT2D eigenvalue weighted by Gasteiger charge is 2.20. The predicted octanol–water partition coefficient (Wildman–Crippen LogP) is 3.30. The summed E-state index contributed by atoms with van der Waals surface area (Å²) in [6, 6.07) is 6.02. The average Bonchev–Trinajstić information content (AvgIpc) is 3.25. The number of aryl methyl sites for hydroxylation is 2. The van der Waals surface area contributed by atoms with Crippen LogP contribution in [0.2, 0.25) is 0 Å². The Hall–Kier alpha value is -2.58. The Morgan fingerprint density at radius 3 is 3.00 bits per heavy atom. The lowest BCUT2D eigenvalue weighted by Crippen LogP contribution is -2.02. The third-order valence-electron chi connectivity index (χ3n) is 3.76. The van der Waals surface area contributed by atoms with Crippen LogP contribution in [-0.2, 0) is 11.3 Å². The normalized spacial score (nSPS) is 11.5. The van der Waals surface area contributed by atoms with Crippen molar-refractivity contribution in [1.82, 2.24) is 24.9 Å². The molecule has 0 unspecified atom stereocenters. The van der Waals surface area contributed by atoms with Crippen LogP contribution in [0, 0.1) is 13.8 Å². The summed E-state index contributed by atoms with van der Waals surface area (Å²) in [5, 5.41) is 9.53. The number of ether oxygens (including phenoxy) is 1. The molecule has 1 aromatic carbocycles. The fourth-order valence-corrected chi connectivity index (χ4v) is 3.49. The topological polar surface area (TPSA) is 78.9 Å². The van der Waals surface area contributed by atoms with Gasteiger partial charge >= 0.3 is 0 Å². The summed E-state index contributed by atoms with van der Waals surface area (Å²) in [5.74, 6) is 1.34. The number of fused-ring (bicyclic) bond motifs is 1. The molecule has 0 aliphatic rings. The van der Waals surface area contributed by atoms with Gasteiger partial charge < -0.3 is 9.26 Å². The van der Waals surface area contributed by atoms with E-state index in [9.17, 15) is 0 Å². The fraction of sp³-hybridized carbons (Fsp3) is 0.250. The van der Waals surface area contributed by atoms with Gasteiger partial charge in [-0.2, -0.15) is 5.10 Å². The molecule has 4 aromatic rings. The van der Waals surface area contributed by atoms with Crippen molar-refractivity contribution in [2.45, 2.75) is 20.5 Å². The van der Waals surface area contributed by atoms with Crippen molar-refractivity contribution < 1.29 is 9.26 Å². The van der Waals surface area contributed by atoms with Gasteiger partial charge in [-0.05, 0) is 32.0 Å². The maximum absolute atomic E-state index is 5.32. The summed E-state index contributed by atoms with van der Waals surface area (Å²) in [6.45, 7) is 4.27. The molecule has 122 valence electrons. The van der Waals surface area contributed by atoms with E-state index in [1.54, 1.807) is 23.1 Å². The van der Waals surface area contributed by atoms with Crippen LogP contribution in [0.5, 0.6) is 0 Å². The molecule has 4 rings (SSSR count). The van der Waals surface area contributed by atoms with Crippen LogP contribution in [0.1, 0.15) is 16.3 Å². The summed E-state index contributed by atoms with van der Waals surface area (Å²) in [6.07, 6.45) is 1.51. The van der Waals surface area contributed by atoms with E-state index >= 15 is 0 Å². The van der Waals surface area contributed by atoms with Gasteiger partial charge in [0, 0.05) is 7.11 Å². The molecule has 0 amide bonds. The number of methoxy groups -OCH3 is 1. The van der Waals surface area contributed by atoms with E-state index in [4.69, 9.17) is 9.26 Å². The smallest absolute Gasteiger partial charge is 0.185 e. The third kappa shape index (κ3) is 2.40. The number of benzene rings is 1. The molecule has 0 aliphatic heterocycles. The average molecular weight is 341 g/mol. The Kier molecular flexibility index (Phi) is 3.62. The summed E-state index contributed by atoms with van der Waals surface area (Å²) in [4.78, 5) is 8.85. The maximum Gasteiger partial charge on any atom is 0.185 e. The highest BCUT2D eigenvalue weighted by molar-refractivity contribution is 7.18. The largest absolute Gasteiger partial charge is 0.380 e. The summed E-state index contributed by atoms with van der Waals surface area (Å²) < 4.78 is 13.4. The first-order chi connectivity index (χ1) is 11.7. The van der Waals surface area contributed by atoms with E-state index in [1.807, 2.05) is 26.0 Å². The molecule has 0 atom stereocenters. The second-order valence-corrected chi connectivity index (χ2v) is 6.61. The Morgan fingerprint density at radius 1 is 1.29 bits per heavy atom. The standard InChI is InChI=1S/C16H15N5O2S/c1-9-12(7-22-3)15(20-23-9)16-17-8-18-21(16)11-4-5-13-14(6-11)24-10(2)19-13/h4-6,8H,7H2,1-3H3. The Balaban J connectivity index is 1.84. The number of nitrogens with zero attached hydrogens (tertiary/aromatic N) is 5. The Bertz CT molecular complexity index is 1020. The van der Waals surface area contributed by atoms with Gasteiger partial charge in [-0.3, -0.25) is 0 Å². The van der Waals surface area contributed by atoms with Gasteiger partial charge in [0.1, 0.15) is 12.1 Å². The van der Waals surface area contributed by atoms with Crippen molar-refractivity contribution in [2.75, 3.05) is 7.11 Å². The molecule has 3 aromatic heterocycles. The van der Waals surface area contributed by atoms with Crippen LogP contribution >= 0.6 is 11.3 Å². The number of aromatic nitrogens is 5. The van der Waals surface area contributed by atoms with Crippen LogP contribution in [0.4, 0.5) is 0 Å². The number of rotatable bonds is 4. The quantitative estimate of drug-likeness (QED) is 0.567. The van der Waals surface area contributed by atoms with Gasteiger partial charge in [-0.15, -0.1) is 11.3 Å². The molecule has 0 N–H and O–H groups in total. The third-order valence-corrected chi connectivity index (χ3v) is 4.69. The Labute approximate surface area is 141 Å². The maximum atomic E-state index is 5.32. The van der Waals surface area contributed by atoms with Crippen LogP contribution in [-0.4, -0.2) is 32.0 Å². The van der Waals surface area contributed by atoms with Crippen molar-refractivity contribution >= 4 is 21.6 Å². The second-order valence-electron chi connectivity index (χ2n) is 5.38. The van der Waals surface area contributed by atoms with Crippen LogP contribution in [0.15, 0.2) is 29.0 Å². The molecule has 0 saturated heterocycles. The summed E-state index contributed by atoms with van der Waals surface area (Å²) >= 11 is 1.65. The first kappa shape index (κ1) is 15.0. The molecule has 0 fully saturated rings. The minimum Gasteiger partial charge on any atom is -0.380 e. The minimum absolute atomic E-state index is 0.407. The predicted molar refractivity (Wildman–Crippen MR) is 90.2 cm³/mol. The zero-order valence-electron chi connectivity index (χ0n) is 13.5. The van der Waals surface area contributed by atoms with Gasteiger partial charge in [0.05, 0.1) is 33.1 Å². The molecule has 0 radical (unpaired) electrons. The highest BCUT2D eigenvalue weighted by Crippen LogP contribution is 2.28. The lowest BCUT2D eigenvalue weighted by molar-refractivity contribution is 0.183. The molecular formula is C16H15N5O2S. The molecule has 8 heteroatoms. The minimum atomic E-state index is 0.407. The molecule has 0 aliphatic carbocycles. The lowest BCUT2D eigenvalue weighted by atomic mass is 10.2. The number of hydrogen-bond donors (Lipinski definition) is 0. The van der Waals surface area contributed by atoms with Crippen molar-refractivity contribution in [1.29, 1.82) is 0 Å². The van der Waals surface area contributed by atoms with E-state index in [2.05, 4.69) is 26.3 Å². The van der Waals surface area contributed by atoms with Crippen molar-refractivity contribution in [3.8, 4) is 17.2 Å². The van der Waals surface area contributed by atoms with Gasteiger partial charge in [-0.1, -0.05) is 5.16 Å².